The molecule has 3 aliphatic carbocycles. The van der Waals surface area contributed by atoms with Crippen molar-refractivity contribution in [1.82, 2.24) is 24.6 Å². The average molecular weight is 495 g/mol. The molecule has 1 unspecified atom stereocenters. The van der Waals surface area contributed by atoms with Crippen molar-refractivity contribution in [3.05, 3.63) is 40.8 Å². The molecule has 5 aliphatic rings. The van der Waals surface area contributed by atoms with Crippen molar-refractivity contribution in [2.75, 3.05) is 31.6 Å². The first kappa shape index (κ1) is 22.0. The van der Waals surface area contributed by atoms with E-state index in [4.69, 9.17) is 21.3 Å². The zero-order valence-electron chi connectivity index (χ0n) is 20.0. The van der Waals surface area contributed by atoms with Crippen molar-refractivity contribution >= 4 is 34.1 Å². The SMILES string of the molecule is Cc1c(Nc2ncc3cc(Cl)c(C4CCN(C5COC[C@H]5O)CC4)cc3n2)cnn1C12CC(C1)C2. The van der Waals surface area contributed by atoms with Crippen LogP contribution >= 0.6 is 11.6 Å². The number of benzene rings is 1. The molecule has 8 rings (SSSR count). The van der Waals surface area contributed by atoms with Crippen molar-refractivity contribution in [2.45, 2.75) is 62.6 Å². The van der Waals surface area contributed by atoms with Gasteiger partial charge in [-0.3, -0.25) is 9.58 Å². The lowest BCUT2D eigenvalue weighted by Crippen LogP contribution is -2.60. The summed E-state index contributed by atoms with van der Waals surface area (Å²) in [5.74, 6) is 1.87. The van der Waals surface area contributed by atoms with E-state index in [0.717, 1.165) is 64.7 Å². The normalized spacial score (nSPS) is 30.9. The Hall–Kier alpha value is -2.26. The van der Waals surface area contributed by atoms with Crippen LogP contribution in [0.3, 0.4) is 0 Å². The first-order valence-electron chi connectivity index (χ1n) is 12.8. The summed E-state index contributed by atoms with van der Waals surface area (Å²) in [5, 5.41) is 20.0. The van der Waals surface area contributed by atoms with E-state index in [1.54, 1.807) is 0 Å². The van der Waals surface area contributed by atoms with Gasteiger partial charge in [-0.25, -0.2) is 9.97 Å². The van der Waals surface area contributed by atoms with E-state index in [1.807, 2.05) is 18.5 Å². The number of nitrogens with one attached hydrogen (secondary N) is 1. The van der Waals surface area contributed by atoms with Crippen LogP contribution < -0.4 is 5.32 Å². The minimum Gasteiger partial charge on any atom is -0.389 e. The van der Waals surface area contributed by atoms with E-state index in [0.29, 0.717) is 25.1 Å². The molecule has 2 bridgehead atoms. The second-order valence-electron chi connectivity index (χ2n) is 11.0. The van der Waals surface area contributed by atoms with E-state index in [9.17, 15) is 5.11 Å². The molecular formula is C26H31ClN6O2. The first-order valence-corrected chi connectivity index (χ1v) is 13.2. The van der Waals surface area contributed by atoms with Crippen molar-refractivity contribution < 1.29 is 9.84 Å². The summed E-state index contributed by atoms with van der Waals surface area (Å²) in [7, 11) is 0. The predicted molar refractivity (Wildman–Crippen MR) is 134 cm³/mol. The minimum atomic E-state index is -0.381. The lowest BCUT2D eigenvalue weighted by Gasteiger charge is -2.61. The Morgan fingerprint density at radius 1 is 1.14 bits per heavy atom. The van der Waals surface area contributed by atoms with Gasteiger partial charge in [0.2, 0.25) is 5.95 Å². The van der Waals surface area contributed by atoms with Crippen LogP contribution in [-0.4, -0.2) is 68.2 Å². The molecule has 2 N–H and O–H groups in total. The van der Waals surface area contributed by atoms with Gasteiger partial charge in [-0.05, 0) is 81.6 Å². The van der Waals surface area contributed by atoms with E-state index >= 15 is 0 Å². The van der Waals surface area contributed by atoms with Crippen LogP contribution in [0.15, 0.2) is 24.5 Å². The average Bonchev–Trinajstić information content (AvgIpc) is 3.38. The van der Waals surface area contributed by atoms with Crippen molar-refractivity contribution in [1.29, 1.82) is 0 Å². The summed E-state index contributed by atoms with van der Waals surface area (Å²) in [6.07, 6.45) is 9.16. The first-order chi connectivity index (χ1) is 17.0. The third-order valence-corrected chi connectivity index (χ3v) is 9.20. The number of anilines is 2. The fourth-order valence-electron chi connectivity index (χ4n) is 6.69. The van der Waals surface area contributed by atoms with Gasteiger partial charge >= 0.3 is 0 Å². The summed E-state index contributed by atoms with van der Waals surface area (Å²) >= 11 is 6.73. The van der Waals surface area contributed by atoms with Crippen LogP contribution in [-0.2, 0) is 10.3 Å². The molecule has 8 nitrogen and oxygen atoms in total. The second-order valence-corrected chi connectivity index (χ2v) is 11.4. The maximum absolute atomic E-state index is 10.2. The quantitative estimate of drug-likeness (QED) is 0.554. The van der Waals surface area contributed by atoms with Crippen molar-refractivity contribution in [3.8, 4) is 0 Å². The van der Waals surface area contributed by atoms with Gasteiger partial charge in [0, 0.05) is 16.6 Å². The van der Waals surface area contributed by atoms with Crippen LogP contribution in [0.2, 0.25) is 5.02 Å². The minimum absolute atomic E-state index is 0.117. The standard InChI is InChI=1S/C26H31ClN6O2/c1-15-22(12-29-33(15)26-8-16(9-26)10-26)31-25-28-11-18-6-20(27)19(7-21(18)30-25)17-2-4-32(5-3-17)23-13-35-14-24(23)34/h6-7,11-12,16-17,23-24,34H,2-5,8-10,13-14H2,1H3,(H,28,30,31)/t16?,23?,24-,26?/m1/s1. The summed E-state index contributed by atoms with van der Waals surface area (Å²) in [6, 6.07) is 4.24. The topological polar surface area (TPSA) is 88.3 Å². The summed E-state index contributed by atoms with van der Waals surface area (Å²) in [4.78, 5) is 11.7. The van der Waals surface area contributed by atoms with Crippen molar-refractivity contribution in [2.24, 2.45) is 5.92 Å². The molecule has 2 atom stereocenters. The highest BCUT2D eigenvalue weighted by molar-refractivity contribution is 6.32. The van der Waals surface area contributed by atoms with Crippen LogP contribution in [0, 0.1) is 12.8 Å². The third kappa shape index (κ3) is 3.56. The van der Waals surface area contributed by atoms with Crippen LogP contribution in [0.25, 0.3) is 10.9 Å². The van der Waals surface area contributed by atoms with Crippen LogP contribution in [0.1, 0.15) is 49.3 Å². The van der Waals surface area contributed by atoms with E-state index < -0.39 is 0 Å². The van der Waals surface area contributed by atoms with E-state index in [2.05, 4.69) is 38.0 Å². The maximum Gasteiger partial charge on any atom is 0.227 e. The van der Waals surface area contributed by atoms with Gasteiger partial charge in [0.15, 0.2) is 0 Å². The fraction of sp³-hybridized carbons (Fsp3) is 0.577. The smallest absolute Gasteiger partial charge is 0.227 e. The van der Waals surface area contributed by atoms with Crippen molar-refractivity contribution in [3.63, 3.8) is 0 Å². The number of aliphatic hydroxyl groups is 1. The Kier molecular flexibility index (Phi) is 5.10. The predicted octanol–water partition coefficient (Wildman–Crippen LogP) is 3.98. The Bertz CT molecular complexity index is 1270. The Balaban J connectivity index is 1.10. The van der Waals surface area contributed by atoms with Gasteiger partial charge in [-0.1, -0.05) is 11.6 Å². The molecule has 2 saturated heterocycles. The zero-order valence-corrected chi connectivity index (χ0v) is 20.7. The highest BCUT2D eigenvalue weighted by Gasteiger charge is 2.59. The lowest BCUT2D eigenvalue weighted by atomic mass is 9.50. The van der Waals surface area contributed by atoms with E-state index in [1.165, 1.54) is 19.3 Å². The maximum atomic E-state index is 10.2. The van der Waals surface area contributed by atoms with Crippen LogP contribution in [0.4, 0.5) is 11.6 Å². The molecule has 2 aliphatic heterocycles. The van der Waals surface area contributed by atoms with Gasteiger partial charge in [0.25, 0.3) is 0 Å². The third-order valence-electron chi connectivity index (χ3n) is 8.87. The molecule has 0 amide bonds. The molecule has 2 aromatic heterocycles. The molecule has 5 fully saturated rings. The number of aromatic nitrogens is 4. The number of fused-ring (bicyclic) bond motifs is 1. The molecule has 4 heterocycles. The molecule has 1 aromatic carbocycles. The molecule has 35 heavy (non-hydrogen) atoms. The van der Waals surface area contributed by atoms with Gasteiger partial charge < -0.3 is 15.2 Å². The molecule has 184 valence electrons. The number of hydrogen-bond acceptors (Lipinski definition) is 7. The molecular weight excluding hydrogens is 464 g/mol. The Morgan fingerprint density at radius 2 is 1.94 bits per heavy atom. The van der Waals surface area contributed by atoms with Gasteiger partial charge in [-0.15, -0.1) is 0 Å². The molecule has 9 heteroatoms. The Labute approximate surface area is 209 Å². The zero-order chi connectivity index (χ0) is 23.7. The molecule has 3 aromatic rings. The molecule has 0 radical (unpaired) electrons. The highest BCUT2D eigenvalue weighted by atomic mass is 35.5. The largest absolute Gasteiger partial charge is 0.389 e. The fourth-order valence-corrected chi connectivity index (χ4v) is 7.01. The van der Waals surface area contributed by atoms with Gasteiger partial charge in [0.1, 0.15) is 0 Å². The number of piperidine rings is 1. The number of nitrogens with zero attached hydrogens (tertiary/aromatic N) is 5. The number of hydrogen-bond donors (Lipinski definition) is 2. The summed E-state index contributed by atoms with van der Waals surface area (Å²) < 4.78 is 7.66. The Morgan fingerprint density at radius 3 is 2.63 bits per heavy atom. The summed E-state index contributed by atoms with van der Waals surface area (Å²) in [5.41, 5.74) is 4.43. The number of likely N-dealkylation sites (tertiary alicyclic amines) is 1. The second kappa shape index (κ2) is 8.13. The molecule has 3 saturated carbocycles. The van der Waals surface area contributed by atoms with Gasteiger partial charge in [-0.2, -0.15) is 5.10 Å². The van der Waals surface area contributed by atoms with Crippen LogP contribution in [0.5, 0.6) is 0 Å². The molecule has 0 spiro atoms. The number of halogens is 1. The number of rotatable bonds is 5. The summed E-state index contributed by atoms with van der Waals surface area (Å²) in [6.45, 7) is 5.06. The van der Waals surface area contributed by atoms with Gasteiger partial charge in [0.05, 0.1) is 54.0 Å². The van der Waals surface area contributed by atoms with E-state index in [-0.39, 0.29) is 17.7 Å². The lowest BCUT2D eigenvalue weighted by molar-refractivity contribution is -0.0990. The highest BCUT2D eigenvalue weighted by Crippen LogP contribution is 2.62. The monoisotopic (exact) mass is 494 g/mol. The number of ether oxygens (including phenoxy) is 1. The number of aliphatic hydroxyl groups excluding tert-OH is 1.